The molecule has 0 bridgehead atoms. The van der Waals surface area contributed by atoms with E-state index in [2.05, 4.69) is 96.4 Å². The van der Waals surface area contributed by atoms with Crippen molar-refractivity contribution in [3.63, 3.8) is 0 Å². The van der Waals surface area contributed by atoms with Gasteiger partial charge in [-0.2, -0.15) is 10.2 Å². The van der Waals surface area contributed by atoms with Crippen LogP contribution in [0.25, 0.3) is 44.1 Å². The highest BCUT2D eigenvalue weighted by atomic mass is 79.9. The predicted octanol–water partition coefficient (Wildman–Crippen LogP) is 8.98. The van der Waals surface area contributed by atoms with Crippen LogP contribution in [0.4, 0.5) is 11.6 Å². The summed E-state index contributed by atoms with van der Waals surface area (Å²) in [5.74, 6) is 0.964. The number of aryl methyl sites for hydroxylation is 4. The van der Waals surface area contributed by atoms with Gasteiger partial charge in [-0.05, 0) is 155 Å². The minimum absolute atomic E-state index is 0.00504. The fourth-order valence-corrected chi connectivity index (χ4v) is 12.0. The summed E-state index contributed by atoms with van der Waals surface area (Å²) in [6.45, 7) is 14.4. The molecular formula is C58H56Br2N14O6. The molecule has 22 heteroatoms. The number of anilines is 2. The highest BCUT2D eigenvalue weighted by Crippen LogP contribution is 2.60. The van der Waals surface area contributed by atoms with E-state index < -0.39 is 12.1 Å². The van der Waals surface area contributed by atoms with Crippen molar-refractivity contribution in [2.45, 2.75) is 118 Å². The molecule has 2 saturated carbocycles. The number of halogens is 2. The van der Waals surface area contributed by atoms with E-state index in [1.54, 1.807) is 44.0 Å². The number of Topliss-reactive ketones (excluding diaryl/α,β-unsaturated/α-hetero) is 2. The van der Waals surface area contributed by atoms with Gasteiger partial charge < -0.3 is 20.4 Å². The van der Waals surface area contributed by atoms with Gasteiger partial charge in [0.1, 0.15) is 69.1 Å². The van der Waals surface area contributed by atoms with Crippen LogP contribution in [0.3, 0.4) is 0 Å². The minimum Gasteiger partial charge on any atom is -0.325 e. The molecule has 2 aliphatic carbocycles. The summed E-state index contributed by atoms with van der Waals surface area (Å²) in [6, 6.07) is 17.4. The Kier molecular flexibility index (Phi) is 13.9. The van der Waals surface area contributed by atoms with Crippen LogP contribution >= 0.6 is 31.9 Å². The number of aromatic nitrogens is 10. The molecule has 4 aliphatic rings. The maximum Gasteiger partial charge on any atom is 0.248 e. The largest absolute Gasteiger partial charge is 0.325 e. The molecule has 6 aromatic heterocycles. The molecule has 2 aliphatic heterocycles. The quantitative estimate of drug-likeness (QED) is 0.0857. The zero-order chi connectivity index (χ0) is 56.7. The maximum absolute atomic E-state index is 13.8. The number of carbonyl (C=O) groups is 6. The standard InChI is InChI=1S/2C29H28BrN7O3/c2*1-15-5-8-24(30)33-27(15)34-28(40)22-10-29(4)11-23(29)37(22)25(39)14-36-21-7-6-18(19-12-31-17(3)32-13-19)9-20(21)26(35-36)16(2)38/h2*5-9,12-13,22-23H,10-11,14H2,1-4H3,(H,33,34,40)/t2*22-,23+,29-/m00/s1. The molecule has 0 radical (unpaired) electrons. The smallest absolute Gasteiger partial charge is 0.248 e. The van der Waals surface area contributed by atoms with Gasteiger partial charge in [-0.1, -0.05) is 38.1 Å². The molecule has 8 aromatic rings. The molecule has 0 spiro atoms. The van der Waals surface area contributed by atoms with E-state index in [1.807, 2.05) is 88.4 Å². The van der Waals surface area contributed by atoms with Gasteiger partial charge >= 0.3 is 0 Å². The van der Waals surface area contributed by atoms with E-state index in [0.29, 0.717) is 78.5 Å². The molecule has 12 rings (SSSR count). The monoisotopic (exact) mass is 1200 g/mol. The lowest BCUT2D eigenvalue weighted by molar-refractivity contribution is -0.138. The first-order valence-corrected chi connectivity index (χ1v) is 27.8. The van der Waals surface area contributed by atoms with E-state index in [-0.39, 0.29) is 71.2 Å². The zero-order valence-electron chi connectivity index (χ0n) is 45.2. The Morgan fingerprint density at radius 3 is 1.27 bits per heavy atom. The Bertz CT molecular complexity index is 3650. The SMILES string of the molecule is CC(=O)c1nn(CC(=O)N2[C@H](C(=O)Nc3nc(Br)ccc3C)C[C@@]3(C)C[C@@H]23)c2ccc(-c3cnc(C)nc3)cc12.CC(=O)c1nn(CC(=O)N2[C@H](C(=O)Nc3nc(Br)ccc3C)C[C@@]3(C)C[C@@H]23)c2ccc(-c3cnc(C)nc3)cc12. The Hall–Kier alpha value is -7.98. The minimum atomic E-state index is -0.612. The molecule has 2 N–H and O–H groups in total. The van der Waals surface area contributed by atoms with E-state index in [4.69, 9.17) is 0 Å². The van der Waals surface area contributed by atoms with Crippen LogP contribution in [0.5, 0.6) is 0 Å². The van der Waals surface area contributed by atoms with Gasteiger partial charge in [0.05, 0.1) is 11.0 Å². The lowest BCUT2D eigenvalue weighted by Gasteiger charge is -2.27. The first kappa shape index (κ1) is 54.0. The van der Waals surface area contributed by atoms with Gasteiger partial charge in [0.25, 0.3) is 0 Å². The van der Waals surface area contributed by atoms with Crippen molar-refractivity contribution in [3.05, 3.63) is 129 Å². The second-order valence-electron chi connectivity index (χ2n) is 22.0. The number of rotatable bonds is 12. The van der Waals surface area contributed by atoms with Crippen molar-refractivity contribution in [2.24, 2.45) is 10.8 Å². The Morgan fingerprint density at radius 2 is 0.912 bits per heavy atom. The molecule has 4 amide bonds. The third-order valence-corrected chi connectivity index (χ3v) is 16.9. The average molecular weight is 1200 g/mol. The molecular weight excluding hydrogens is 1150 g/mol. The van der Waals surface area contributed by atoms with Crippen LogP contribution < -0.4 is 10.6 Å². The first-order valence-electron chi connectivity index (χ1n) is 26.2. The molecule has 4 fully saturated rings. The summed E-state index contributed by atoms with van der Waals surface area (Å²) in [6.07, 6.45) is 9.84. The van der Waals surface area contributed by atoms with Crippen molar-refractivity contribution in [1.82, 2.24) is 59.3 Å². The molecule has 2 saturated heterocycles. The number of carbonyl (C=O) groups excluding carboxylic acids is 6. The van der Waals surface area contributed by atoms with Crippen LogP contribution in [0.2, 0.25) is 0 Å². The summed E-state index contributed by atoms with van der Waals surface area (Å²) < 4.78 is 4.37. The fraction of sp³-hybridized carbons (Fsp3) is 0.345. The summed E-state index contributed by atoms with van der Waals surface area (Å²) in [5.41, 5.74) is 6.76. The molecule has 20 nitrogen and oxygen atoms in total. The number of pyridine rings is 2. The average Bonchev–Trinajstić information content (AvgIpc) is 4.22. The number of fused-ring (bicyclic) bond motifs is 4. The van der Waals surface area contributed by atoms with Gasteiger partial charge in [-0.15, -0.1) is 0 Å². The number of nitrogens with one attached hydrogen (secondary N) is 2. The Balaban J connectivity index is 0.000000169. The second kappa shape index (κ2) is 20.6. The lowest BCUT2D eigenvalue weighted by Crippen LogP contribution is -2.47. The van der Waals surface area contributed by atoms with Crippen molar-refractivity contribution in [2.75, 3.05) is 10.6 Å². The van der Waals surface area contributed by atoms with Gasteiger partial charge in [0.15, 0.2) is 11.6 Å². The van der Waals surface area contributed by atoms with Gasteiger partial charge in [-0.25, -0.2) is 29.9 Å². The highest BCUT2D eigenvalue weighted by Gasteiger charge is 2.65. The van der Waals surface area contributed by atoms with Crippen molar-refractivity contribution >= 4 is 100 Å². The molecule has 408 valence electrons. The molecule has 8 heterocycles. The number of piperidine rings is 2. The number of ketones is 2. The number of hydrogen-bond acceptors (Lipinski definition) is 14. The van der Waals surface area contributed by atoms with Crippen LogP contribution in [-0.4, -0.2) is 119 Å². The number of hydrogen-bond donors (Lipinski definition) is 2. The first-order chi connectivity index (χ1) is 38.1. The zero-order valence-corrected chi connectivity index (χ0v) is 48.4. The number of nitrogens with zero attached hydrogens (tertiary/aromatic N) is 12. The molecule has 80 heavy (non-hydrogen) atoms. The fourth-order valence-electron chi connectivity index (χ4n) is 11.4. The van der Waals surface area contributed by atoms with Crippen LogP contribution in [0, 0.1) is 38.5 Å². The van der Waals surface area contributed by atoms with Crippen LogP contribution in [-0.2, 0) is 32.3 Å². The maximum atomic E-state index is 13.8. The summed E-state index contributed by atoms with van der Waals surface area (Å²) >= 11 is 6.70. The predicted molar refractivity (Wildman–Crippen MR) is 305 cm³/mol. The van der Waals surface area contributed by atoms with Gasteiger partial charge in [-0.3, -0.25) is 38.1 Å². The molecule has 0 unspecified atom stereocenters. The molecule has 2 aromatic carbocycles. The van der Waals surface area contributed by atoms with Crippen LogP contribution in [0.15, 0.2) is 94.7 Å². The topological polar surface area (TPSA) is 246 Å². The Labute approximate surface area is 476 Å². The van der Waals surface area contributed by atoms with E-state index in [9.17, 15) is 28.8 Å². The Morgan fingerprint density at radius 1 is 0.537 bits per heavy atom. The van der Waals surface area contributed by atoms with E-state index in [0.717, 1.165) is 46.2 Å². The third-order valence-electron chi connectivity index (χ3n) is 16.0. The van der Waals surface area contributed by atoms with Gasteiger partial charge in [0.2, 0.25) is 23.6 Å². The molecule has 6 atom stereocenters. The lowest BCUT2D eigenvalue weighted by atomic mass is 10.0. The summed E-state index contributed by atoms with van der Waals surface area (Å²) in [4.78, 5) is 109. The second-order valence-corrected chi connectivity index (χ2v) is 23.6. The van der Waals surface area contributed by atoms with Crippen LogP contribution in [0.1, 0.15) is 97.1 Å². The van der Waals surface area contributed by atoms with E-state index in [1.165, 1.54) is 13.8 Å². The third kappa shape index (κ3) is 10.3. The number of likely N-dealkylation sites (tertiary alicyclic amines) is 2. The van der Waals surface area contributed by atoms with E-state index >= 15 is 0 Å². The summed E-state index contributed by atoms with van der Waals surface area (Å²) in [7, 11) is 0. The number of amides is 4. The van der Waals surface area contributed by atoms with Crippen molar-refractivity contribution in [3.8, 4) is 22.3 Å². The van der Waals surface area contributed by atoms with Crippen molar-refractivity contribution in [1.29, 1.82) is 0 Å². The number of benzene rings is 2. The summed E-state index contributed by atoms with van der Waals surface area (Å²) in [5, 5.41) is 16.2. The van der Waals surface area contributed by atoms with Crippen molar-refractivity contribution < 1.29 is 28.8 Å². The highest BCUT2D eigenvalue weighted by molar-refractivity contribution is 9.10. The normalized spacial score (nSPS) is 21.4. The van der Waals surface area contributed by atoms with Gasteiger partial charge in [0, 0.05) is 72.6 Å².